The Morgan fingerprint density at radius 1 is 1.07 bits per heavy atom. The lowest BCUT2D eigenvalue weighted by Crippen LogP contribution is -2.70. The molecule has 12 heteroatoms. The van der Waals surface area contributed by atoms with E-state index in [1.807, 2.05) is 36.1 Å². The zero-order chi connectivity index (χ0) is 28.2. The van der Waals surface area contributed by atoms with Gasteiger partial charge in [-0.05, 0) is 30.7 Å². The SMILES string of the molecule is Cc1ccc2nc(N3CCS(=O)(=O)c4ccccc4C3)nc(NCC3(N)CN(CCOCCOCCO)C3)c2c1. The Bertz CT molecular complexity index is 1430. The molecule has 0 radical (unpaired) electrons. The normalized spacial score (nSPS) is 18.2. The summed E-state index contributed by atoms with van der Waals surface area (Å²) in [6.45, 7) is 7.46. The Kier molecular flexibility index (Phi) is 8.83. The van der Waals surface area contributed by atoms with Crippen LogP contribution in [0.1, 0.15) is 11.1 Å². The second-order valence-electron chi connectivity index (χ2n) is 10.6. The predicted octanol–water partition coefficient (Wildman–Crippen LogP) is 1.18. The number of anilines is 2. The van der Waals surface area contributed by atoms with Gasteiger partial charge in [0.15, 0.2) is 9.84 Å². The molecule has 4 N–H and O–H groups in total. The zero-order valence-corrected chi connectivity index (χ0v) is 23.7. The van der Waals surface area contributed by atoms with E-state index in [4.69, 9.17) is 30.3 Å². The van der Waals surface area contributed by atoms with Crippen molar-refractivity contribution in [2.24, 2.45) is 5.73 Å². The van der Waals surface area contributed by atoms with Crippen molar-refractivity contribution in [3.63, 3.8) is 0 Å². The van der Waals surface area contributed by atoms with Crippen molar-refractivity contribution in [2.75, 3.05) is 81.7 Å². The molecule has 0 bridgehead atoms. The molecule has 11 nitrogen and oxygen atoms in total. The summed E-state index contributed by atoms with van der Waals surface area (Å²) in [6, 6.07) is 13.2. The molecule has 40 heavy (non-hydrogen) atoms. The highest BCUT2D eigenvalue weighted by Gasteiger charge is 2.39. The van der Waals surface area contributed by atoms with Crippen molar-refractivity contribution >= 4 is 32.5 Å². The number of hydrogen-bond acceptors (Lipinski definition) is 11. The van der Waals surface area contributed by atoms with E-state index in [2.05, 4.69) is 16.3 Å². The van der Waals surface area contributed by atoms with Crippen molar-refractivity contribution < 1.29 is 23.0 Å². The van der Waals surface area contributed by atoms with Crippen molar-refractivity contribution in [2.45, 2.75) is 23.9 Å². The maximum atomic E-state index is 12.9. The van der Waals surface area contributed by atoms with Gasteiger partial charge < -0.3 is 30.5 Å². The van der Waals surface area contributed by atoms with Gasteiger partial charge in [-0.3, -0.25) is 4.90 Å². The van der Waals surface area contributed by atoms with Gasteiger partial charge in [0, 0.05) is 44.7 Å². The number of aliphatic hydroxyl groups excluding tert-OH is 1. The standard InChI is InChI=1S/C28H38N6O5S/c1-21-6-7-24-23(16-21)26(30-18-28(29)19-33(20-28)8-11-38-13-14-39-12-10-35)32-27(31-24)34-9-15-40(36,37)25-5-3-2-4-22(25)17-34/h2-7,16,35H,8-15,17-20,29H2,1H3,(H,30,31,32). The fourth-order valence-electron chi connectivity index (χ4n) is 5.19. The zero-order valence-electron chi connectivity index (χ0n) is 22.9. The minimum atomic E-state index is -3.38. The molecule has 0 amide bonds. The summed E-state index contributed by atoms with van der Waals surface area (Å²) in [5.41, 5.74) is 8.91. The number of benzene rings is 2. The third-order valence-electron chi connectivity index (χ3n) is 7.27. The maximum absolute atomic E-state index is 12.9. The molecule has 216 valence electrons. The van der Waals surface area contributed by atoms with Crippen LogP contribution >= 0.6 is 0 Å². The molecular formula is C28H38N6O5S. The van der Waals surface area contributed by atoms with E-state index < -0.39 is 15.4 Å². The number of hydrogen-bond donors (Lipinski definition) is 3. The first-order valence-electron chi connectivity index (χ1n) is 13.6. The molecule has 3 aromatic rings. The summed E-state index contributed by atoms with van der Waals surface area (Å²) in [5, 5.41) is 13.1. The molecule has 5 rings (SSSR count). The molecule has 3 heterocycles. The lowest BCUT2D eigenvalue weighted by molar-refractivity contribution is 0.00781. The van der Waals surface area contributed by atoms with Crippen molar-refractivity contribution in [3.8, 4) is 0 Å². The molecule has 2 aliphatic rings. The van der Waals surface area contributed by atoms with Crippen LogP contribution < -0.4 is 16.0 Å². The largest absolute Gasteiger partial charge is 0.394 e. The third-order valence-corrected chi connectivity index (χ3v) is 9.05. The van der Waals surface area contributed by atoms with Gasteiger partial charge in [0.05, 0.1) is 54.7 Å². The summed E-state index contributed by atoms with van der Waals surface area (Å²) in [5.74, 6) is 1.19. The van der Waals surface area contributed by atoms with Gasteiger partial charge in [-0.2, -0.15) is 4.98 Å². The smallest absolute Gasteiger partial charge is 0.228 e. The molecule has 0 saturated carbocycles. The number of aryl methyl sites for hydroxylation is 1. The number of nitrogens with two attached hydrogens (primary N) is 1. The Hall–Kier alpha value is -2.87. The van der Waals surface area contributed by atoms with Crippen LogP contribution in [-0.4, -0.2) is 105 Å². The average molecular weight is 571 g/mol. The average Bonchev–Trinajstić information content (AvgIpc) is 3.06. The van der Waals surface area contributed by atoms with Crippen molar-refractivity contribution in [1.82, 2.24) is 14.9 Å². The van der Waals surface area contributed by atoms with Gasteiger partial charge in [-0.25, -0.2) is 13.4 Å². The van der Waals surface area contributed by atoms with Crippen LogP contribution in [0.4, 0.5) is 11.8 Å². The van der Waals surface area contributed by atoms with Crippen molar-refractivity contribution in [1.29, 1.82) is 0 Å². The summed E-state index contributed by atoms with van der Waals surface area (Å²) in [7, 11) is -3.38. The third kappa shape index (κ3) is 6.70. The van der Waals surface area contributed by atoms with Crippen LogP contribution in [-0.2, 0) is 25.9 Å². The molecule has 2 aliphatic heterocycles. The second kappa shape index (κ2) is 12.3. The minimum absolute atomic E-state index is 0.00319. The van der Waals surface area contributed by atoms with E-state index in [0.717, 1.165) is 41.7 Å². The van der Waals surface area contributed by atoms with Crippen LogP contribution in [0.2, 0.25) is 0 Å². The maximum Gasteiger partial charge on any atom is 0.228 e. The molecule has 1 saturated heterocycles. The Balaban J connectivity index is 1.26. The highest BCUT2D eigenvalue weighted by atomic mass is 32.2. The first-order chi connectivity index (χ1) is 19.3. The van der Waals surface area contributed by atoms with E-state index in [1.165, 1.54) is 0 Å². The number of sulfone groups is 1. The van der Waals surface area contributed by atoms with Gasteiger partial charge in [0.2, 0.25) is 5.95 Å². The fourth-order valence-corrected chi connectivity index (χ4v) is 6.69. The van der Waals surface area contributed by atoms with E-state index in [1.54, 1.807) is 12.1 Å². The number of fused-ring (bicyclic) bond motifs is 2. The summed E-state index contributed by atoms with van der Waals surface area (Å²) in [6.07, 6.45) is 0. The van der Waals surface area contributed by atoms with Gasteiger partial charge in [0.25, 0.3) is 0 Å². The first-order valence-corrected chi connectivity index (χ1v) is 15.3. The van der Waals surface area contributed by atoms with Crippen LogP contribution in [0, 0.1) is 6.92 Å². The minimum Gasteiger partial charge on any atom is -0.394 e. The molecule has 0 spiro atoms. The first kappa shape index (κ1) is 28.7. The molecule has 1 aromatic heterocycles. The van der Waals surface area contributed by atoms with Gasteiger partial charge in [0.1, 0.15) is 5.82 Å². The predicted molar refractivity (Wildman–Crippen MR) is 154 cm³/mol. The van der Waals surface area contributed by atoms with Crippen LogP contribution in [0.25, 0.3) is 10.9 Å². The highest BCUT2D eigenvalue weighted by molar-refractivity contribution is 7.91. The fraction of sp³-hybridized carbons (Fsp3) is 0.500. The lowest BCUT2D eigenvalue weighted by Gasteiger charge is -2.47. The Labute approximate surface area is 235 Å². The number of nitrogens with one attached hydrogen (secondary N) is 1. The number of aliphatic hydroxyl groups is 1. The molecule has 0 aliphatic carbocycles. The van der Waals surface area contributed by atoms with Crippen LogP contribution in [0.3, 0.4) is 0 Å². The van der Waals surface area contributed by atoms with Crippen LogP contribution in [0.5, 0.6) is 0 Å². The molecule has 2 aromatic carbocycles. The number of ether oxygens (including phenoxy) is 2. The van der Waals surface area contributed by atoms with E-state index in [-0.39, 0.29) is 12.4 Å². The van der Waals surface area contributed by atoms with Crippen LogP contribution in [0.15, 0.2) is 47.4 Å². The molecule has 0 unspecified atom stereocenters. The lowest BCUT2D eigenvalue weighted by atomic mass is 9.91. The monoisotopic (exact) mass is 570 g/mol. The molecular weight excluding hydrogens is 532 g/mol. The summed E-state index contributed by atoms with van der Waals surface area (Å²) >= 11 is 0. The van der Waals surface area contributed by atoms with E-state index in [0.29, 0.717) is 62.7 Å². The Morgan fingerprint density at radius 3 is 2.65 bits per heavy atom. The Morgan fingerprint density at radius 2 is 1.85 bits per heavy atom. The van der Waals surface area contributed by atoms with E-state index >= 15 is 0 Å². The topological polar surface area (TPSA) is 143 Å². The van der Waals surface area contributed by atoms with Crippen molar-refractivity contribution in [3.05, 3.63) is 53.6 Å². The van der Waals surface area contributed by atoms with Gasteiger partial charge in [-0.1, -0.05) is 29.8 Å². The molecule has 1 fully saturated rings. The number of nitrogens with zero attached hydrogens (tertiary/aromatic N) is 4. The number of likely N-dealkylation sites (tertiary alicyclic amines) is 1. The molecule has 0 atom stereocenters. The van der Waals surface area contributed by atoms with Gasteiger partial charge in [-0.15, -0.1) is 0 Å². The van der Waals surface area contributed by atoms with E-state index in [9.17, 15) is 8.42 Å². The highest BCUT2D eigenvalue weighted by Crippen LogP contribution is 2.29. The van der Waals surface area contributed by atoms with Gasteiger partial charge >= 0.3 is 0 Å². The summed E-state index contributed by atoms with van der Waals surface area (Å²) in [4.78, 5) is 14.3. The second-order valence-corrected chi connectivity index (χ2v) is 12.7. The summed E-state index contributed by atoms with van der Waals surface area (Å²) < 4.78 is 36.6. The quantitative estimate of drug-likeness (QED) is 0.270. The number of rotatable bonds is 12. The number of aromatic nitrogens is 2.